The van der Waals surface area contributed by atoms with Crippen molar-refractivity contribution < 1.29 is 18.5 Å². The van der Waals surface area contributed by atoms with Crippen molar-refractivity contribution in [3.63, 3.8) is 0 Å². The summed E-state index contributed by atoms with van der Waals surface area (Å²) in [4.78, 5) is 13.0. The summed E-state index contributed by atoms with van der Waals surface area (Å²) in [6.07, 6.45) is 4.65. The molecule has 2 N–H and O–H groups in total. The van der Waals surface area contributed by atoms with E-state index in [9.17, 15) is 9.46 Å². The lowest BCUT2D eigenvalue weighted by Gasteiger charge is -2.40. The number of rotatable bonds is 4. The van der Waals surface area contributed by atoms with E-state index in [0.29, 0.717) is 4.48 Å². The summed E-state index contributed by atoms with van der Waals surface area (Å²) >= 11 is 0. The fraction of sp³-hybridized carbons (Fsp3) is 0.500. The molecule has 0 spiro atoms. The standard InChI is InChI=1S/C16H23N2O3P/c1-18(2,16-8-5-11-22(19,20)21-16)10-9-13-12-17-15-7-4-3-6-14(13)15/h3-4,6-7,12,16-17H,5,8-11H2,1-2H3/p+1. The molecule has 1 aliphatic rings. The third kappa shape index (κ3) is 3.28. The van der Waals surface area contributed by atoms with Gasteiger partial charge in [-0.05, 0) is 18.1 Å². The lowest BCUT2D eigenvalue weighted by atomic mass is 10.1. The largest absolute Gasteiger partial charge is 0.361 e. The molecule has 3 rings (SSSR count). The summed E-state index contributed by atoms with van der Waals surface area (Å²) < 4.78 is 17.9. The molecule has 22 heavy (non-hydrogen) atoms. The quantitative estimate of drug-likeness (QED) is 0.671. The molecule has 0 aliphatic carbocycles. The maximum absolute atomic E-state index is 11.8. The normalized spacial score (nSPS) is 26.4. The molecule has 0 bridgehead atoms. The Kier molecular flexibility index (Phi) is 4.17. The van der Waals surface area contributed by atoms with Crippen LogP contribution in [0.2, 0.25) is 0 Å². The first-order valence-electron chi connectivity index (χ1n) is 7.75. The van der Waals surface area contributed by atoms with Crippen LogP contribution >= 0.6 is 7.60 Å². The number of para-hydroxylation sites is 1. The molecule has 6 heteroatoms. The van der Waals surface area contributed by atoms with Gasteiger partial charge in [-0.1, -0.05) is 18.2 Å². The number of fused-ring (bicyclic) bond motifs is 1. The molecule has 120 valence electrons. The van der Waals surface area contributed by atoms with E-state index >= 15 is 0 Å². The van der Waals surface area contributed by atoms with Crippen LogP contribution in [0.25, 0.3) is 10.9 Å². The number of aromatic amines is 1. The zero-order chi connectivity index (χ0) is 15.8. The van der Waals surface area contributed by atoms with Crippen molar-refractivity contribution in [2.45, 2.75) is 25.5 Å². The molecule has 1 fully saturated rings. The summed E-state index contributed by atoms with van der Waals surface area (Å²) in [7, 11) is 0.765. The number of likely N-dealkylation sites (N-methyl/N-ethyl adjacent to an activating group) is 1. The lowest BCUT2D eigenvalue weighted by molar-refractivity contribution is -0.934. The molecule has 1 aliphatic heterocycles. The molecular weight excluding hydrogens is 299 g/mol. The number of benzene rings is 1. The third-order valence-corrected chi connectivity index (χ3v) is 6.04. The highest BCUT2D eigenvalue weighted by atomic mass is 31.2. The van der Waals surface area contributed by atoms with E-state index in [4.69, 9.17) is 4.52 Å². The maximum Gasteiger partial charge on any atom is 0.332 e. The number of nitrogens with zero attached hydrogens (tertiary/aromatic N) is 1. The van der Waals surface area contributed by atoms with E-state index in [1.54, 1.807) is 0 Å². The number of H-pyrrole nitrogens is 1. The van der Waals surface area contributed by atoms with Crippen molar-refractivity contribution in [2.24, 2.45) is 0 Å². The fourth-order valence-corrected chi connectivity index (χ4v) is 4.56. The second-order valence-corrected chi connectivity index (χ2v) is 8.61. The molecule has 5 nitrogen and oxygen atoms in total. The van der Waals surface area contributed by atoms with Crippen LogP contribution in [0, 0.1) is 0 Å². The van der Waals surface area contributed by atoms with Crippen molar-refractivity contribution >= 4 is 18.5 Å². The van der Waals surface area contributed by atoms with Gasteiger partial charge in [0.2, 0.25) is 6.23 Å². The molecule has 0 amide bonds. The first kappa shape index (κ1) is 15.8. The van der Waals surface area contributed by atoms with Gasteiger partial charge in [0.25, 0.3) is 0 Å². The molecule has 0 radical (unpaired) electrons. The van der Waals surface area contributed by atoms with E-state index in [0.717, 1.165) is 31.3 Å². The van der Waals surface area contributed by atoms with Crippen LogP contribution < -0.4 is 0 Å². The second-order valence-electron chi connectivity index (χ2n) is 6.68. The van der Waals surface area contributed by atoms with Crippen LogP contribution in [-0.4, -0.2) is 47.4 Å². The summed E-state index contributed by atoms with van der Waals surface area (Å²) in [5.41, 5.74) is 2.43. The van der Waals surface area contributed by atoms with E-state index in [2.05, 4.69) is 37.4 Å². The average Bonchev–Trinajstić information content (AvgIpc) is 2.87. The average molecular weight is 323 g/mol. The summed E-state index contributed by atoms with van der Waals surface area (Å²) in [6.45, 7) is 0.868. The van der Waals surface area contributed by atoms with Gasteiger partial charge in [0, 0.05) is 29.9 Å². The second kappa shape index (κ2) is 5.82. The topological polar surface area (TPSA) is 62.3 Å². The number of hydrogen-bond acceptors (Lipinski definition) is 2. The highest BCUT2D eigenvalue weighted by Crippen LogP contribution is 2.49. The minimum atomic E-state index is -3.38. The Balaban J connectivity index is 1.70. The molecule has 1 saturated heterocycles. The van der Waals surface area contributed by atoms with E-state index in [1.165, 1.54) is 10.9 Å². The molecule has 2 unspecified atom stereocenters. The van der Waals surface area contributed by atoms with Crippen LogP contribution in [0.3, 0.4) is 0 Å². The van der Waals surface area contributed by atoms with Gasteiger partial charge in [0.15, 0.2) is 0 Å². The zero-order valence-electron chi connectivity index (χ0n) is 13.2. The minimum absolute atomic E-state index is 0.199. The Labute approximate surface area is 131 Å². The van der Waals surface area contributed by atoms with E-state index < -0.39 is 7.60 Å². The first-order valence-corrected chi connectivity index (χ1v) is 9.52. The monoisotopic (exact) mass is 323 g/mol. The Morgan fingerprint density at radius 3 is 2.95 bits per heavy atom. The highest BCUT2D eigenvalue weighted by Gasteiger charge is 2.39. The molecule has 2 heterocycles. The smallest absolute Gasteiger partial charge is 0.332 e. The van der Waals surface area contributed by atoms with Crippen LogP contribution in [0.1, 0.15) is 18.4 Å². The van der Waals surface area contributed by atoms with Crippen molar-refractivity contribution in [1.82, 2.24) is 4.98 Å². The van der Waals surface area contributed by atoms with Crippen molar-refractivity contribution in [3.05, 3.63) is 36.0 Å². The lowest BCUT2D eigenvalue weighted by Crippen LogP contribution is -2.52. The van der Waals surface area contributed by atoms with Gasteiger partial charge in [-0.3, -0.25) is 9.09 Å². The highest BCUT2D eigenvalue weighted by molar-refractivity contribution is 7.52. The Bertz CT molecular complexity index is 710. The van der Waals surface area contributed by atoms with Crippen LogP contribution in [0.5, 0.6) is 0 Å². The van der Waals surface area contributed by atoms with Crippen molar-refractivity contribution in [2.75, 3.05) is 26.8 Å². The summed E-state index contributed by atoms with van der Waals surface area (Å²) in [6, 6.07) is 8.27. The van der Waals surface area contributed by atoms with Gasteiger partial charge >= 0.3 is 7.60 Å². The van der Waals surface area contributed by atoms with Crippen LogP contribution in [0.4, 0.5) is 0 Å². The predicted molar refractivity (Wildman–Crippen MR) is 87.8 cm³/mol. The summed E-state index contributed by atoms with van der Waals surface area (Å²) in [5.74, 6) is 0. The zero-order valence-corrected chi connectivity index (χ0v) is 14.1. The fourth-order valence-electron chi connectivity index (χ4n) is 3.13. The Morgan fingerprint density at radius 2 is 2.18 bits per heavy atom. The van der Waals surface area contributed by atoms with Gasteiger partial charge in [-0.15, -0.1) is 0 Å². The molecule has 2 atom stereocenters. The minimum Gasteiger partial charge on any atom is -0.361 e. The van der Waals surface area contributed by atoms with Gasteiger partial charge in [-0.25, -0.2) is 0 Å². The van der Waals surface area contributed by atoms with Gasteiger partial charge in [-0.2, -0.15) is 0 Å². The van der Waals surface area contributed by atoms with Crippen LogP contribution in [0.15, 0.2) is 30.5 Å². The molecule has 2 aromatic rings. The number of quaternary nitrogens is 1. The third-order valence-electron chi connectivity index (χ3n) is 4.59. The Hall–Kier alpha value is -1.13. The predicted octanol–water partition coefficient (Wildman–Crippen LogP) is 3.11. The number of hydrogen-bond donors (Lipinski definition) is 2. The summed E-state index contributed by atoms with van der Waals surface area (Å²) in [5, 5.41) is 1.25. The first-order chi connectivity index (χ1) is 10.4. The van der Waals surface area contributed by atoms with Crippen LogP contribution in [-0.2, 0) is 15.5 Å². The van der Waals surface area contributed by atoms with E-state index in [-0.39, 0.29) is 12.4 Å². The van der Waals surface area contributed by atoms with Gasteiger partial charge < -0.3 is 14.4 Å². The molecule has 1 aromatic heterocycles. The van der Waals surface area contributed by atoms with Gasteiger partial charge in [0.1, 0.15) is 0 Å². The maximum atomic E-state index is 11.8. The van der Waals surface area contributed by atoms with Gasteiger partial charge in [0.05, 0.1) is 26.8 Å². The van der Waals surface area contributed by atoms with Crippen molar-refractivity contribution in [3.8, 4) is 0 Å². The molecular formula is C16H24N2O3P+. The molecule has 1 aromatic carbocycles. The van der Waals surface area contributed by atoms with Crippen molar-refractivity contribution in [1.29, 1.82) is 0 Å². The van der Waals surface area contributed by atoms with E-state index in [1.807, 2.05) is 12.1 Å². The molecule has 0 saturated carbocycles. The number of aromatic nitrogens is 1. The number of nitrogens with one attached hydrogen (secondary N) is 1. The SMILES string of the molecule is C[N+](C)(CCc1c[nH]c2ccccc12)C1CCCP(=O)(O)O1. The Morgan fingerprint density at radius 1 is 1.41 bits per heavy atom.